The summed E-state index contributed by atoms with van der Waals surface area (Å²) < 4.78 is 11.3. The summed E-state index contributed by atoms with van der Waals surface area (Å²) >= 11 is 0. The fourth-order valence-corrected chi connectivity index (χ4v) is 2.53. The molecular weight excluding hydrogens is 224 g/mol. The van der Waals surface area contributed by atoms with E-state index in [1.807, 2.05) is 6.92 Å². The molecule has 0 radical (unpaired) electrons. The molecule has 0 aliphatic heterocycles. The van der Waals surface area contributed by atoms with Crippen molar-refractivity contribution in [3.05, 3.63) is 0 Å². The lowest BCUT2D eigenvalue weighted by molar-refractivity contribution is -0.0117. The van der Waals surface area contributed by atoms with Crippen LogP contribution in [-0.4, -0.2) is 25.9 Å². The summed E-state index contributed by atoms with van der Waals surface area (Å²) in [5.74, 6) is 2.23. The molecule has 0 aromatic carbocycles. The van der Waals surface area contributed by atoms with E-state index in [0.717, 1.165) is 38.1 Å². The molecule has 0 amide bonds. The van der Waals surface area contributed by atoms with E-state index < -0.39 is 0 Å². The highest BCUT2D eigenvalue weighted by molar-refractivity contribution is 4.67. The van der Waals surface area contributed by atoms with Crippen molar-refractivity contribution >= 4 is 0 Å². The zero-order chi connectivity index (χ0) is 14.0. The monoisotopic (exact) mass is 258 g/mol. The maximum absolute atomic E-state index is 5.98. The van der Waals surface area contributed by atoms with E-state index in [-0.39, 0.29) is 0 Å². The van der Waals surface area contributed by atoms with Gasteiger partial charge in [-0.25, -0.2) is 0 Å². The Kier molecular flexibility index (Phi) is 10.8. The zero-order valence-corrected chi connectivity index (χ0v) is 13.4. The van der Waals surface area contributed by atoms with Crippen molar-refractivity contribution in [2.24, 2.45) is 17.8 Å². The number of ether oxygens (including phenoxy) is 2. The van der Waals surface area contributed by atoms with Crippen LogP contribution in [0.3, 0.4) is 0 Å². The number of hydrogen-bond donors (Lipinski definition) is 0. The van der Waals surface area contributed by atoms with Gasteiger partial charge in [-0.3, -0.25) is 0 Å². The van der Waals surface area contributed by atoms with Crippen molar-refractivity contribution in [3.8, 4) is 0 Å². The molecule has 0 fully saturated rings. The third-order valence-corrected chi connectivity index (χ3v) is 3.06. The standard InChI is InChI=1S/C16H34O2/c1-7-17-8-9-18-16(11-14(4)5)12-15(6)10-13(2)3/h13-16H,7-12H2,1-6H3. The molecule has 0 heterocycles. The molecule has 0 N–H and O–H groups in total. The summed E-state index contributed by atoms with van der Waals surface area (Å²) in [6.45, 7) is 15.7. The van der Waals surface area contributed by atoms with E-state index in [4.69, 9.17) is 9.47 Å². The molecule has 0 rings (SSSR count). The van der Waals surface area contributed by atoms with E-state index >= 15 is 0 Å². The van der Waals surface area contributed by atoms with E-state index in [9.17, 15) is 0 Å². The van der Waals surface area contributed by atoms with Crippen molar-refractivity contribution in [2.45, 2.75) is 66.9 Å². The Hall–Kier alpha value is -0.0800. The highest BCUT2D eigenvalue weighted by Crippen LogP contribution is 2.21. The third-order valence-electron chi connectivity index (χ3n) is 3.06. The molecule has 110 valence electrons. The second kappa shape index (κ2) is 10.8. The maximum Gasteiger partial charge on any atom is 0.0704 e. The van der Waals surface area contributed by atoms with Gasteiger partial charge in [-0.2, -0.15) is 0 Å². The Morgan fingerprint density at radius 2 is 1.39 bits per heavy atom. The van der Waals surface area contributed by atoms with Crippen LogP contribution >= 0.6 is 0 Å². The van der Waals surface area contributed by atoms with Crippen LogP contribution in [-0.2, 0) is 9.47 Å². The van der Waals surface area contributed by atoms with Gasteiger partial charge in [-0.15, -0.1) is 0 Å². The average Bonchev–Trinajstić information content (AvgIpc) is 2.22. The molecule has 2 nitrogen and oxygen atoms in total. The van der Waals surface area contributed by atoms with Gasteiger partial charge in [0.05, 0.1) is 19.3 Å². The predicted molar refractivity (Wildman–Crippen MR) is 78.9 cm³/mol. The first kappa shape index (κ1) is 17.9. The second-order valence-corrected chi connectivity index (χ2v) is 6.29. The van der Waals surface area contributed by atoms with Gasteiger partial charge in [0.15, 0.2) is 0 Å². The van der Waals surface area contributed by atoms with Crippen LogP contribution < -0.4 is 0 Å². The van der Waals surface area contributed by atoms with Crippen molar-refractivity contribution in [3.63, 3.8) is 0 Å². The lowest BCUT2D eigenvalue weighted by atomic mass is 9.91. The summed E-state index contributed by atoms with van der Waals surface area (Å²) in [5.41, 5.74) is 0. The first-order chi connectivity index (χ1) is 8.45. The summed E-state index contributed by atoms with van der Waals surface area (Å²) in [5, 5.41) is 0. The third kappa shape index (κ3) is 11.0. The second-order valence-electron chi connectivity index (χ2n) is 6.29. The molecule has 0 saturated heterocycles. The van der Waals surface area contributed by atoms with Crippen molar-refractivity contribution in [1.29, 1.82) is 0 Å². The Morgan fingerprint density at radius 3 is 1.89 bits per heavy atom. The Balaban J connectivity index is 3.97. The van der Waals surface area contributed by atoms with Crippen LogP contribution in [0.2, 0.25) is 0 Å². The van der Waals surface area contributed by atoms with E-state index in [1.165, 1.54) is 12.8 Å². The molecule has 0 spiro atoms. The minimum atomic E-state index is 0.402. The van der Waals surface area contributed by atoms with Crippen LogP contribution in [0.15, 0.2) is 0 Å². The average molecular weight is 258 g/mol. The largest absolute Gasteiger partial charge is 0.379 e. The van der Waals surface area contributed by atoms with Gasteiger partial charge in [0.25, 0.3) is 0 Å². The van der Waals surface area contributed by atoms with Crippen LogP contribution in [0, 0.1) is 17.8 Å². The molecular formula is C16H34O2. The van der Waals surface area contributed by atoms with Crippen LogP contribution in [0.5, 0.6) is 0 Å². The fraction of sp³-hybridized carbons (Fsp3) is 1.00. The molecule has 2 unspecified atom stereocenters. The molecule has 0 aliphatic carbocycles. The topological polar surface area (TPSA) is 18.5 Å². The molecule has 18 heavy (non-hydrogen) atoms. The van der Waals surface area contributed by atoms with Gasteiger partial charge in [-0.05, 0) is 43.9 Å². The normalized spacial score (nSPS) is 15.3. The van der Waals surface area contributed by atoms with Gasteiger partial charge in [0, 0.05) is 6.61 Å². The van der Waals surface area contributed by atoms with Crippen molar-refractivity contribution < 1.29 is 9.47 Å². The van der Waals surface area contributed by atoms with Crippen molar-refractivity contribution in [2.75, 3.05) is 19.8 Å². The predicted octanol–water partition coefficient (Wildman–Crippen LogP) is 4.53. The molecule has 0 bridgehead atoms. The van der Waals surface area contributed by atoms with Crippen LogP contribution in [0.4, 0.5) is 0 Å². The Labute approximate surface area is 114 Å². The van der Waals surface area contributed by atoms with Crippen LogP contribution in [0.25, 0.3) is 0 Å². The van der Waals surface area contributed by atoms with E-state index in [0.29, 0.717) is 12.0 Å². The van der Waals surface area contributed by atoms with Crippen molar-refractivity contribution in [1.82, 2.24) is 0 Å². The van der Waals surface area contributed by atoms with Gasteiger partial charge >= 0.3 is 0 Å². The fourth-order valence-electron chi connectivity index (χ4n) is 2.53. The van der Waals surface area contributed by atoms with E-state index in [2.05, 4.69) is 34.6 Å². The molecule has 0 aromatic rings. The first-order valence-corrected chi connectivity index (χ1v) is 7.65. The maximum atomic E-state index is 5.98. The van der Waals surface area contributed by atoms with Crippen LogP contribution in [0.1, 0.15) is 60.8 Å². The minimum Gasteiger partial charge on any atom is -0.379 e. The quantitative estimate of drug-likeness (QED) is 0.507. The number of rotatable bonds is 11. The summed E-state index contributed by atoms with van der Waals surface area (Å²) in [6.07, 6.45) is 4.04. The van der Waals surface area contributed by atoms with Gasteiger partial charge in [-0.1, -0.05) is 34.6 Å². The number of hydrogen-bond acceptors (Lipinski definition) is 2. The highest BCUT2D eigenvalue weighted by atomic mass is 16.5. The molecule has 0 aliphatic rings. The van der Waals surface area contributed by atoms with Gasteiger partial charge in [0.1, 0.15) is 0 Å². The lowest BCUT2D eigenvalue weighted by Gasteiger charge is -2.24. The molecule has 2 atom stereocenters. The van der Waals surface area contributed by atoms with Gasteiger partial charge in [0.2, 0.25) is 0 Å². The summed E-state index contributed by atoms with van der Waals surface area (Å²) in [4.78, 5) is 0. The summed E-state index contributed by atoms with van der Waals surface area (Å²) in [7, 11) is 0. The smallest absolute Gasteiger partial charge is 0.0704 e. The summed E-state index contributed by atoms with van der Waals surface area (Å²) in [6, 6.07) is 0. The zero-order valence-electron chi connectivity index (χ0n) is 13.4. The highest BCUT2D eigenvalue weighted by Gasteiger charge is 2.16. The first-order valence-electron chi connectivity index (χ1n) is 7.65. The molecule has 0 saturated carbocycles. The lowest BCUT2D eigenvalue weighted by Crippen LogP contribution is -2.21. The Bertz CT molecular complexity index is 178. The SMILES string of the molecule is CCOCCOC(CC(C)C)CC(C)CC(C)C. The molecule has 0 aromatic heterocycles. The van der Waals surface area contributed by atoms with Gasteiger partial charge < -0.3 is 9.47 Å². The molecule has 2 heteroatoms. The Morgan fingerprint density at radius 1 is 0.778 bits per heavy atom. The minimum absolute atomic E-state index is 0.402. The van der Waals surface area contributed by atoms with E-state index in [1.54, 1.807) is 0 Å².